The third-order valence-electron chi connectivity index (χ3n) is 3.37. The average molecular weight is 338 g/mol. The molecule has 0 unspecified atom stereocenters. The van der Waals surface area contributed by atoms with Crippen LogP contribution in [-0.4, -0.2) is 12.5 Å². The first-order chi connectivity index (χ1) is 9.65. The normalized spacial score (nSPS) is 14.9. The van der Waals surface area contributed by atoms with Crippen molar-refractivity contribution in [3.8, 4) is 0 Å². The minimum absolute atomic E-state index is 0.0733. The van der Waals surface area contributed by atoms with Crippen molar-refractivity contribution in [1.82, 2.24) is 10.9 Å². The van der Waals surface area contributed by atoms with Crippen LogP contribution in [-0.2, 0) is 4.79 Å². The van der Waals surface area contributed by atoms with Crippen molar-refractivity contribution in [2.75, 3.05) is 11.9 Å². The molecule has 1 aromatic carbocycles. The summed E-state index contributed by atoms with van der Waals surface area (Å²) in [6.07, 6.45) is 4.57. The second-order valence-corrected chi connectivity index (χ2v) is 5.92. The van der Waals surface area contributed by atoms with Gasteiger partial charge in [-0.25, -0.2) is 0 Å². The van der Waals surface area contributed by atoms with Crippen LogP contribution in [0.4, 0.5) is 5.69 Å². The van der Waals surface area contributed by atoms with Crippen LogP contribution in [0.5, 0.6) is 0 Å². The minimum atomic E-state index is -0.0733. The molecule has 1 aliphatic rings. The first-order valence-electron chi connectivity index (χ1n) is 6.88. The Morgan fingerprint density at radius 3 is 2.85 bits per heavy atom. The van der Waals surface area contributed by atoms with Gasteiger partial charge in [-0.2, -0.15) is 0 Å². The summed E-state index contributed by atoms with van der Waals surface area (Å²) in [4.78, 5) is 11.8. The van der Waals surface area contributed by atoms with Crippen LogP contribution in [0.1, 0.15) is 32.6 Å². The van der Waals surface area contributed by atoms with E-state index in [9.17, 15) is 4.79 Å². The van der Waals surface area contributed by atoms with Gasteiger partial charge in [0.2, 0.25) is 0 Å². The molecular weight excluding hydrogens is 318 g/mol. The molecule has 3 N–H and O–H groups in total. The highest BCUT2D eigenvalue weighted by Crippen LogP contribution is 2.21. The number of hydrazine groups is 1. The zero-order valence-corrected chi connectivity index (χ0v) is 13.2. The van der Waals surface area contributed by atoms with Crippen LogP contribution in [0.2, 0.25) is 0 Å². The second-order valence-electron chi connectivity index (χ2n) is 5.00. The van der Waals surface area contributed by atoms with Gasteiger partial charge in [0.05, 0.1) is 6.54 Å². The summed E-state index contributed by atoms with van der Waals surface area (Å²) < 4.78 is 0.990. The fourth-order valence-corrected chi connectivity index (χ4v) is 2.59. The molecule has 1 aliphatic carbocycles. The maximum absolute atomic E-state index is 11.8. The average Bonchev–Trinajstić information content (AvgIpc) is 2.44. The lowest BCUT2D eigenvalue weighted by molar-refractivity contribution is -0.120. The number of nitrogens with one attached hydrogen (secondary N) is 3. The fourth-order valence-electron chi connectivity index (χ4n) is 2.20. The van der Waals surface area contributed by atoms with Gasteiger partial charge in [-0.15, -0.1) is 0 Å². The lowest BCUT2D eigenvalue weighted by Gasteiger charge is -2.19. The van der Waals surface area contributed by atoms with E-state index in [2.05, 4.69) is 39.0 Å². The Morgan fingerprint density at radius 2 is 2.10 bits per heavy atom. The van der Waals surface area contributed by atoms with E-state index < -0.39 is 0 Å². The summed E-state index contributed by atoms with van der Waals surface area (Å²) in [5, 5.41) is 3.09. The zero-order chi connectivity index (χ0) is 14.4. The van der Waals surface area contributed by atoms with Crippen LogP contribution >= 0.6 is 15.9 Å². The van der Waals surface area contributed by atoms with Crippen LogP contribution < -0.4 is 16.2 Å². The number of carbonyl (C=O) groups excluding carboxylic acids is 1. The van der Waals surface area contributed by atoms with Gasteiger partial charge >= 0.3 is 0 Å². The molecule has 2 rings (SSSR count). The Balaban J connectivity index is 1.76. The number of hydrogen-bond donors (Lipinski definition) is 3. The van der Waals surface area contributed by atoms with Gasteiger partial charge in [0, 0.05) is 15.9 Å². The molecule has 20 heavy (non-hydrogen) atoms. The number of hydrogen-bond acceptors (Lipinski definition) is 3. The maximum atomic E-state index is 11.8. The van der Waals surface area contributed by atoms with Gasteiger partial charge in [-0.3, -0.25) is 10.2 Å². The summed E-state index contributed by atoms with van der Waals surface area (Å²) in [5.41, 5.74) is 9.22. The van der Waals surface area contributed by atoms with E-state index >= 15 is 0 Å². The van der Waals surface area contributed by atoms with Gasteiger partial charge in [0.1, 0.15) is 0 Å². The van der Waals surface area contributed by atoms with Crippen LogP contribution in [0.25, 0.3) is 0 Å². The molecule has 0 aromatic heterocycles. The molecule has 1 amide bonds. The zero-order valence-electron chi connectivity index (χ0n) is 11.6. The van der Waals surface area contributed by atoms with Crippen LogP contribution in [0.15, 0.2) is 40.0 Å². The van der Waals surface area contributed by atoms with Crippen molar-refractivity contribution in [2.45, 2.75) is 32.6 Å². The number of allylic oxidation sites excluding steroid dienone is 2. The van der Waals surface area contributed by atoms with E-state index in [1.165, 1.54) is 18.4 Å². The van der Waals surface area contributed by atoms with Gasteiger partial charge in [-0.05, 0) is 50.8 Å². The van der Waals surface area contributed by atoms with E-state index in [0.29, 0.717) is 0 Å². The lowest BCUT2D eigenvalue weighted by Crippen LogP contribution is -2.40. The fraction of sp³-hybridized carbons (Fsp3) is 0.400. The predicted molar refractivity (Wildman–Crippen MR) is 85.1 cm³/mol. The largest absolute Gasteiger partial charge is 0.376 e. The molecule has 0 fully saturated rings. The second kappa shape index (κ2) is 7.33. The third kappa shape index (κ3) is 4.56. The summed E-state index contributed by atoms with van der Waals surface area (Å²) in [5.74, 6) is -0.0733. The molecule has 0 saturated carbocycles. The predicted octanol–water partition coefficient (Wildman–Crippen LogP) is 3.33. The lowest BCUT2D eigenvalue weighted by atomic mass is 9.98. The van der Waals surface area contributed by atoms with Crippen molar-refractivity contribution in [1.29, 1.82) is 0 Å². The summed E-state index contributed by atoms with van der Waals surface area (Å²) >= 11 is 3.40. The Labute approximate surface area is 128 Å². The smallest absolute Gasteiger partial charge is 0.257 e. The maximum Gasteiger partial charge on any atom is 0.257 e. The van der Waals surface area contributed by atoms with Crippen LogP contribution in [0.3, 0.4) is 0 Å². The quantitative estimate of drug-likeness (QED) is 0.722. The monoisotopic (exact) mass is 337 g/mol. The van der Waals surface area contributed by atoms with E-state index in [4.69, 9.17) is 0 Å². The number of benzene rings is 1. The molecule has 5 heteroatoms. The highest BCUT2D eigenvalue weighted by atomic mass is 79.9. The number of carbonyl (C=O) groups is 1. The van der Waals surface area contributed by atoms with E-state index in [-0.39, 0.29) is 12.5 Å². The summed E-state index contributed by atoms with van der Waals surface area (Å²) in [6, 6.07) is 7.75. The number of rotatable bonds is 5. The van der Waals surface area contributed by atoms with Gasteiger partial charge in [-0.1, -0.05) is 27.6 Å². The van der Waals surface area contributed by atoms with E-state index in [1.54, 1.807) is 0 Å². The molecule has 1 aromatic rings. The van der Waals surface area contributed by atoms with Crippen molar-refractivity contribution < 1.29 is 4.79 Å². The third-order valence-corrected chi connectivity index (χ3v) is 3.87. The molecule has 4 nitrogen and oxygen atoms in total. The van der Waals surface area contributed by atoms with Gasteiger partial charge in [0.25, 0.3) is 5.91 Å². The van der Waals surface area contributed by atoms with Crippen molar-refractivity contribution in [3.05, 3.63) is 40.0 Å². The molecule has 108 valence electrons. The highest BCUT2D eigenvalue weighted by Gasteiger charge is 2.09. The molecule has 0 atom stereocenters. The standard InChI is InChI=1S/C15H20BrN3O/c1-11-5-2-3-8-14(11)18-19-15(20)10-17-13-7-4-6-12(16)9-13/h4,6-7,9,17-18H,2-3,5,8,10H2,1H3,(H,19,20). The Kier molecular flexibility index (Phi) is 5.47. The van der Waals surface area contributed by atoms with Crippen LogP contribution in [0, 0.1) is 0 Å². The highest BCUT2D eigenvalue weighted by molar-refractivity contribution is 9.10. The molecule has 0 aliphatic heterocycles. The topological polar surface area (TPSA) is 53.2 Å². The number of anilines is 1. The van der Waals surface area contributed by atoms with E-state index in [1.807, 2.05) is 24.3 Å². The number of amides is 1. The molecule has 0 heterocycles. The molecule has 0 radical (unpaired) electrons. The first kappa shape index (κ1) is 14.9. The molecular formula is C15H20BrN3O. The molecule has 0 spiro atoms. The SMILES string of the molecule is CC1=C(NNC(=O)CNc2cccc(Br)c2)CCCC1. The van der Waals surface area contributed by atoms with Gasteiger partial charge < -0.3 is 10.7 Å². The first-order valence-corrected chi connectivity index (χ1v) is 7.67. The Bertz CT molecular complexity index is 514. The van der Waals surface area contributed by atoms with Crippen molar-refractivity contribution in [2.24, 2.45) is 0 Å². The molecule has 0 saturated heterocycles. The Hall–Kier alpha value is -1.49. The molecule has 0 bridgehead atoms. The van der Waals surface area contributed by atoms with E-state index in [0.717, 1.165) is 28.7 Å². The number of halogens is 1. The van der Waals surface area contributed by atoms with Gasteiger partial charge in [0.15, 0.2) is 0 Å². The summed E-state index contributed by atoms with van der Waals surface area (Å²) in [7, 11) is 0. The van der Waals surface area contributed by atoms with Crippen molar-refractivity contribution >= 4 is 27.5 Å². The van der Waals surface area contributed by atoms with Crippen molar-refractivity contribution in [3.63, 3.8) is 0 Å². The Morgan fingerprint density at radius 1 is 1.30 bits per heavy atom. The minimum Gasteiger partial charge on any atom is -0.376 e. The summed E-state index contributed by atoms with van der Waals surface area (Å²) in [6.45, 7) is 2.36.